The van der Waals surface area contributed by atoms with Crippen molar-refractivity contribution in [2.24, 2.45) is 0 Å². The molecule has 0 spiro atoms. The van der Waals surface area contributed by atoms with Crippen LogP contribution < -0.4 is 10.2 Å². The Morgan fingerprint density at radius 3 is 2.74 bits per heavy atom. The monoisotopic (exact) mass is 548 g/mol. The maximum absolute atomic E-state index is 12.8. The zero-order valence-corrected chi connectivity index (χ0v) is 22.1. The Morgan fingerprint density at radius 2 is 2.00 bits per heavy atom. The first-order chi connectivity index (χ1) is 18.1. The number of alkyl halides is 3. The topological polar surface area (TPSA) is 70.1 Å². The Balaban J connectivity index is 1.07. The minimum Gasteiger partial charge on any atom is -0.491 e. The molecule has 3 aromatic rings. The van der Waals surface area contributed by atoms with E-state index >= 15 is 0 Å². The van der Waals surface area contributed by atoms with Gasteiger partial charge in [-0.3, -0.25) is 20.1 Å². The van der Waals surface area contributed by atoms with E-state index in [0.29, 0.717) is 30.1 Å². The number of fused-ring (bicyclic) bond motifs is 1. The van der Waals surface area contributed by atoms with Gasteiger partial charge in [0, 0.05) is 44.8 Å². The predicted molar refractivity (Wildman–Crippen MR) is 141 cm³/mol. The summed E-state index contributed by atoms with van der Waals surface area (Å²) >= 11 is 1.64. The number of β-amino-alcohol motifs (C(OH)–C–C–N with tert-alkyl or cyclic N) is 1. The standard InChI is InChI=1S/C27H31F3N4O3S/c1-17-13-33(15-23-12-24(32-37-23)19-3-5-20(6-4-19)27(28,29)30)9-10-34(17)14-21(35)16-36-22-7-8-26-25(11-22)31-18(2)38-26/h3-8,11-12,17,21,23,32,35H,9-10,13-16H2,1-2H3/t17-,21+,23+/m0/s1. The summed E-state index contributed by atoms with van der Waals surface area (Å²) in [6.45, 7) is 7.95. The number of aryl methyl sites for hydroxylation is 1. The Morgan fingerprint density at radius 1 is 1.21 bits per heavy atom. The van der Waals surface area contributed by atoms with Crippen molar-refractivity contribution < 1.29 is 27.9 Å². The molecule has 38 heavy (non-hydrogen) atoms. The van der Waals surface area contributed by atoms with Gasteiger partial charge in [-0.05, 0) is 49.8 Å². The van der Waals surface area contributed by atoms with Gasteiger partial charge in [-0.15, -0.1) is 11.3 Å². The largest absolute Gasteiger partial charge is 0.491 e. The quantitative estimate of drug-likeness (QED) is 0.435. The molecule has 5 rings (SSSR count). The average Bonchev–Trinajstić information content (AvgIpc) is 3.49. The number of aromatic nitrogens is 1. The molecule has 2 N–H and O–H groups in total. The van der Waals surface area contributed by atoms with E-state index in [0.717, 1.165) is 47.0 Å². The molecule has 0 unspecified atom stereocenters. The summed E-state index contributed by atoms with van der Waals surface area (Å²) in [6.07, 6.45) is -3.27. The molecule has 1 fully saturated rings. The number of aliphatic hydroxyl groups is 1. The molecule has 0 aliphatic carbocycles. The zero-order chi connectivity index (χ0) is 26.9. The highest BCUT2D eigenvalue weighted by molar-refractivity contribution is 7.18. The van der Waals surface area contributed by atoms with Crippen LogP contribution in [0.2, 0.25) is 0 Å². The Bertz CT molecular complexity index is 1280. The zero-order valence-electron chi connectivity index (χ0n) is 21.2. The number of hydroxylamine groups is 1. The van der Waals surface area contributed by atoms with Crippen molar-refractivity contribution >= 4 is 27.3 Å². The van der Waals surface area contributed by atoms with E-state index in [1.165, 1.54) is 12.1 Å². The first kappa shape index (κ1) is 26.9. The second-order valence-corrected chi connectivity index (χ2v) is 11.1. The number of piperazine rings is 1. The van der Waals surface area contributed by atoms with Crippen LogP contribution in [0.4, 0.5) is 13.2 Å². The van der Waals surface area contributed by atoms with Crippen molar-refractivity contribution in [1.29, 1.82) is 0 Å². The molecule has 2 aromatic carbocycles. The summed E-state index contributed by atoms with van der Waals surface area (Å²) in [5, 5.41) is 11.6. The highest BCUT2D eigenvalue weighted by Crippen LogP contribution is 2.30. The second-order valence-electron chi connectivity index (χ2n) is 9.84. The van der Waals surface area contributed by atoms with Gasteiger partial charge in [0.2, 0.25) is 0 Å². The van der Waals surface area contributed by atoms with Crippen molar-refractivity contribution in [3.8, 4) is 5.75 Å². The van der Waals surface area contributed by atoms with Crippen molar-refractivity contribution in [1.82, 2.24) is 20.3 Å². The van der Waals surface area contributed by atoms with Crippen LogP contribution in [0, 0.1) is 6.92 Å². The van der Waals surface area contributed by atoms with E-state index in [-0.39, 0.29) is 18.8 Å². The van der Waals surface area contributed by atoms with Crippen LogP contribution in [0.25, 0.3) is 15.9 Å². The lowest BCUT2D eigenvalue weighted by Gasteiger charge is -2.41. The second kappa shape index (κ2) is 11.2. The maximum atomic E-state index is 12.8. The van der Waals surface area contributed by atoms with Gasteiger partial charge in [0.05, 0.1) is 26.5 Å². The lowest BCUT2D eigenvalue weighted by Crippen LogP contribution is -2.55. The number of halogens is 3. The summed E-state index contributed by atoms with van der Waals surface area (Å²) in [6, 6.07) is 11.1. The normalized spacial score (nSPS) is 21.9. The molecule has 0 bridgehead atoms. The molecule has 7 nitrogen and oxygen atoms in total. The van der Waals surface area contributed by atoms with Gasteiger partial charge in [0.1, 0.15) is 24.6 Å². The number of nitrogens with one attached hydrogen (secondary N) is 1. The van der Waals surface area contributed by atoms with Crippen molar-refractivity contribution in [2.75, 3.05) is 39.3 Å². The van der Waals surface area contributed by atoms with Crippen LogP contribution in [-0.4, -0.2) is 77.5 Å². The van der Waals surface area contributed by atoms with Gasteiger partial charge in [-0.25, -0.2) is 4.98 Å². The molecule has 3 atom stereocenters. The number of hydrogen-bond donors (Lipinski definition) is 2. The van der Waals surface area contributed by atoms with Crippen LogP contribution in [0.5, 0.6) is 5.75 Å². The minimum absolute atomic E-state index is 0.205. The lowest BCUT2D eigenvalue weighted by molar-refractivity contribution is -0.137. The predicted octanol–water partition coefficient (Wildman–Crippen LogP) is 4.31. The van der Waals surface area contributed by atoms with Crippen LogP contribution in [0.3, 0.4) is 0 Å². The van der Waals surface area contributed by atoms with E-state index in [1.807, 2.05) is 31.2 Å². The van der Waals surface area contributed by atoms with Crippen molar-refractivity contribution in [3.63, 3.8) is 0 Å². The van der Waals surface area contributed by atoms with E-state index in [4.69, 9.17) is 9.57 Å². The molecule has 11 heteroatoms. The van der Waals surface area contributed by atoms with Crippen LogP contribution in [0.1, 0.15) is 23.1 Å². The Kier molecular flexibility index (Phi) is 7.92. The highest BCUT2D eigenvalue weighted by Gasteiger charge is 2.31. The first-order valence-electron chi connectivity index (χ1n) is 12.6. The molecular formula is C27H31F3N4O3S. The van der Waals surface area contributed by atoms with Crippen molar-refractivity contribution in [2.45, 2.75) is 38.3 Å². The summed E-state index contributed by atoms with van der Waals surface area (Å²) in [5.74, 6) is 0.702. The molecule has 0 radical (unpaired) electrons. The fraction of sp³-hybridized carbons (Fsp3) is 0.444. The number of thiazole rings is 1. The molecule has 2 aliphatic rings. The van der Waals surface area contributed by atoms with Crippen LogP contribution in [0.15, 0.2) is 48.5 Å². The number of benzene rings is 2. The third-order valence-corrected chi connectivity index (χ3v) is 7.79. The Labute approximate surface area is 223 Å². The van der Waals surface area contributed by atoms with Gasteiger partial charge >= 0.3 is 6.18 Å². The summed E-state index contributed by atoms with van der Waals surface area (Å²) < 4.78 is 45.4. The number of hydrogen-bond acceptors (Lipinski definition) is 8. The minimum atomic E-state index is -4.35. The first-order valence-corrected chi connectivity index (χ1v) is 13.4. The number of aliphatic hydroxyl groups excluding tert-OH is 1. The summed E-state index contributed by atoms with van der Waals surface area (Å²) in [5.41, 5.74) is 4.40. The molecular weight excluding hydrogens is 517 g/mol. The van der Waals surface area contributed by atoms with Crippen LogP contribution >= 0.6 is 11.3 Å². The maximum Gasteiger partial charge on any atom is 0.416 e. The van der Waals surface area contributed by atoms with Gasteiger partial charge < -0.3 is 9.84 Å². The molecule has 3 heterocycles. The van der Waals surface area contributed by atoms with Gasteiger partial charge in [0.15, 0.2) is 0 Å². The van der Waals surface area contributed by atoms with E-state index in [2.05, 4.69) is 27.2 Å². The number of ether oxygens (including phenoxy) is 1. The van der Waals surface area contributed by atoms with Gasteiger partial charge in [-0.1, -0.05) is 12.1 Å². The van der Waals surface area contributed by atoms with Gasteiger partial charge in [0.25, 0.3) is 0 Å². The summed E-state index contributed by atoms with van der Waals surface area (Å²) in [4.78, 5) is 14.7. The fourth-order valence-corrected chi connectivity index (χ4v) is 5.67. The molecule has 0 amide bonds. The molecule has 2 aliphatic heterocycles. The lowest BCUT2D eigenvalue weighted by atomic mass is 10.1. The van der Waals surface area contributed by atoms with E-state index in [9.17, 15) is 18.3 Å². The van der Waals surface area contributed by atoms with E-state index < -0.39 is 17.8 Å². The molecule has 204 valence electrons. The summed E-state index contributed by atoms with van der Waals surface area (Å²) in [7, 11) is 0. The molecule has 0 saturated carbocycles. The molecule has 1 saturated heterocycles. The van der Waals surface area contributed by atoms with Crippen LogP contribution in [-0.2, 0) is 11.0 Å². The van der Waals surface area contributed by atoms with Crippen molar-refractivity contribution in [3.05, 3.63) is 64.7 Å². The number of nitrogens with zero attached hydrogens (tertiary/aromatic N) is 3. The van der Waals surface area contributed by atoms with Gasteiger partial charge in [-0.2, -0.15) is 13.2 Å². The third kappa shape index (κ3) is 6.47. The number of rotatable bonds is 8. The average molecular weight is 549 g/mol. The SMILES string of the molecule is Cc1nc2cc(OC[C@H](O)CN3CCN(C[C@H]4C=C(c5ccc(C(F)(F)F)cc5)NO4)C[C@@H]3C)ccc2s1. The molecule has 1 aromatic heterocycles. The third-order valence-electron chi connectivity index (χ3n) is 6.84. The fourth-order valence-electron chi connectivity index (χ4n) is 4.87. The van der Waals surface area contributed by atoms with E-state index in [1.54, 1.807) is 11.3 Å². The highest BCUT2D eigenvalue weighted by atomic mass is 32.1. The Hall–Kier alpha value is -2.70. The smallest absolute Gasteiger partial charge is 0.416 e.